The minimum absolute atomic E-state index is 0.0374. The summed E-state index contributed by atoms with van der Waals surface area (Å²) in [6.07, 6.45) is 1.15. The molecular formula is C14H8BrFN4O2. The van der Waals surface area contributed by atoms with Gasteiger partial charge >= 0.3 is 0 Å². The van der Waals surface area contributed by atoms with Crippen molar-refractivity contribution in [1.82, 2.24) is 9.97 Å². The van der Waals surface area contributed by atoms with Crippen molar-refractivity contribution in [1.29, 1.82) is 5.26 Å². The number of nitrogens with one attached hydrogen (secondary N) is 1. The predicted molar refractivity (Wildman–Crippen MR) is 78.3 cm³/mol. The molecule has 0 saturated carbocycles. The number of aromatic nitrogens is 2. The smallest absolute Gasteiger partial charge is 0.258 e. The summed E-state index contributed by atoms with van der Waals surface area (Å²) >= 11 is 3.25. The second-order valence-corrected chi connectivity index (χ2v) is 5.46. The van der Waals surface area contributed by atoms with E-state index >= 15 is 0 Å². The molecule has 8 heteroatoms. The van der Waals surface area contributed by atoms with Gasteiger partial charge in [0.1, 0.15) is 17.5 Å². The molecule has 1 aliphatic heterocycles. The van der Waals surface area contributed by atoms with E-state index in [-0.39, 0.29) is 28.5 Å². The average Bonchev–Trinajstić information content (AvgIpc) is 2.48. The summed E-state index contributed by atoms with van der Waals surface area (Å²) in [5.74, 6) is -1.78. The first-order chi connectivity index (χ1) is 10.5. The SMILES string of the molecule is N#CC1=C(N)Oc2nc[nH]c(=O)c2[C@@H]1c1cc(Br)ccc1F. The number of nitrogens with two attached hydrogens (primary N) is 1. The zero-order chi connectivity index (χ0) is 15.9. The molecule has 1 aromatic heterocycles. The van der Waals surface area contributed by atoms with Crippen LogP contribution in [0.25, 0.3) is 0 Å². The first kappa shape index (κ1) is 14.3. The molecule has 22 heavy (non-hydrogen) atoms. The molecule has 0 amide bonds. The number of benzene rings is 1. The number of ether oxygens (including phenoxy) is 1. The lowest BCUT2D eigenvalue weighted by Crippen LogP contribution is -2.28. The minimum atomic E-state index is -0.983. The van der Waals surface area contributed by atoms with E-state index in [9.17, 15) is 14.4 Å². The van der Waals surface area contributed by atoms with Crippen molar-refractivity contribution in [3.63, 3.8) is 0 Å². The van der Waals surface area contributed by atoms with Crippen molar-refractivity contribution in [2.24, 2.45) is 5.73 Å². The van der Waals surface area contributed by atoms with Crippen LogP contribution >= 0.6 is 15.9 Å². The molecule has 0 fully saturated rings. The topological polar surface area (TPSA) is 105 Å². The van der Waals surface area contributed by atoms with Gasteiger partial charge < -0.3 is 15.5 Å². The van der Waals surface area contributed by atoms with Gasteiger partial charge in [0.15, 0.2) is 0 Å². The van der Waals surface area contributed by atoms with E-state index in [0.29, 0.717) is 4.47 Å². The first-order valence-electron chi connectivity index (χ1n) is 6.13. The molecule has 1 aromatic carbocycles. The lowest BCUT2D eigenvalue weighted by molar-refractivity contribution is 0.374. The van der Waals surface area contributed by atoms with E-state index in [1.165, 1.54) is 18.2 Å². The Morgan fingerprint density at radius 3 is 3.00 bits per heavy atom. The highest BCUT2D eigenvalue weighted by atomic mass is 79.9. The second kappa shape index (κ2) is 5.27. The van der Waals surface area contributed by atoms with Crippen LogP contribution in [-0.4, -0.2) is 9.97 Å². The maximum atomic E-state index is 14.2. The quantitative estimate of drug-likeness (QED) is 0.805. The predicted octanol–water partition coefficient (Wildman–Crippen LogP) is 1.89. The molecule has 2 aromatic rings. The third kappa shape index (κ3) is 2.16. The van der Waals surface area contributed by atoms with Crippen LogP contribution in [0.15, 0.2) is 45.2 Å². The number of aromatic amines is 1. The van der Waals surface area contributed by atoms with Gasteiger partial charge in [0, 0.05) is 10.0 Å². The molecule has 0 unspecified atom stereocenters. The Hall–Kier alpha value is -2.66. The fraction of sp³-hybridized carbons (Fsp3) is 0.0714. The lowest BCUT2D eigenvalue weighted by Gasteiger charge is -2.24. The number of nitriles is 1. The van der Waals surface area contributed by atoms with Crippen molar-refractivity contribution in [2.45, 2.75) is 5.92 Å². The molecule has 2 heterocycles. The molecule has 110 valence electrons. The van der Waals surface area contributed by atoms with E-state index < -0.39 is 17.3 Å². The van der Waals surface area contributed by atoms with Gasteiger partial charge in [0.25, 0.3) is 5.56 Å². The molecule has 0 saturated heterocycles. The fourth-order valence-corrected chi connectivity index (χ4v) is 2.72. The van der Waals surface area contributed by atoms with Gasteiger partial charge in [0.05, 0.1) is 17.8 Å². The molecule has 0 spiro atoms. The average molecular weight is 363 g/mol. The summed E-state index contributed by atoms with van der Waals surface area (Å²) in [4.78, 5) is 18.4. The van der Waals surface area contributed by atoms with Crippen molar-refractivity contribution < 1.29 is 9.13 Å². The summed E-state index contributed by atoms with van der Waals surface area (Å²) in [6.45, 7) is 0. The second-order valence-electron chi connectivity index (χ2n) is 4.54. The van der Waals surface area contributed by atoms with Crippen molar-refractivity contribution in [3.05, 3.63) is 67.8 Å². The Morgan fingerprint density at radius 1 is 1.50 bits per heavy atom. The zero-order valence-electron chi connectivity index (χ0n) is 10.9. The third-order valence-corrected chi connectivity index (χ3v) is 3.78. The van der Waals surface area contributed by atoms with Crippen molar-refractivity contribution in [2.75, 3.05) is 0 Å². The number of rotatable bonds is 1. The lowest BCUT2D eigenvalue weighted by atomic mass is 9.85. The maximum absolute atomic E-state index is 14.2. The largest absolute Gasteiger partial charge is 0.422 e. The van der Waals surface area contributed by atoms with E-state index in [0.717, 1.165) is 6.33 Å². The molecule has 1 aliphatic rings. The summed E-state index contributed by atoms with van der Waals surface area (Å²) < 4.78 is 20.1. The van der Waals surface area contributed by atoms with Crippen LogP contribution in [0.2, 0.25) is 0 Å². The maximum Gasteiger partial charge on any atom is 0.258 e. The first-order valence-corrected chi connectivity index (χ1v) is 6.92. The monoisotopic (exact) mass is 362 g/mol. The summed E-state index contributed by atoms with van der Waals surface area (Å²) in [5, 5.41) is 9.34. The number of halogens is 2. The number of allylic oxidation sites excluding steroid dienone is 1. The van der Waals surface area contributed by atoms with Crippen LogP contribution in [-0.2, 0) is 0 Å². The molecular weight excluding hydrogens is 355 g/mol. The van der Waals surface area contributed by atoms with E-state index in [1.807, 2.05) is 6.07 Å². The van der Waals surface area contributed by atoms with Crippen LogP contribution in [0.3, 0.4) is 0 Å². The highest BCUT2D eigenvalue weighted by molar-refractivity contribution is 9.10. The Morgan fingerprint density at radius 2 is 2.27 bits per heavy atom. The van der Waals surface area contributed by atoms with E-state index in [1.54, 1.807) is 0 Å². The highest BCUT2D eigenvalue weighted by Gasteiger charge is 2.35. The number of hydrogen-bond donors (Lipinski definition) is 2. The molecule has 3 rings (SSSR count). The van der Waals surface area contributed by atoms with Gasteiger partial charge in [-0.15, -0.1) is 0 Å². The van der Waals surface area contributed by atoms with Gasteiger partial charge in [0.2, 0.25) is 11.8 Å². The highest BCUT2D eigenvalue weighted by Crippen LogP contribution is 2.40. The molecule has 0 radical (unpaired) electrons. The minimum Gasteiger partial charge on any atom is -0.422 e. The Bertz CT molecular complexity index is 900. The Kier molecular flexibility index (Phi) is 3.42. The zero-order valence-corrected chi connectivity index (χ0v) is 12.5. The molecule has 0 aliphatic carbocycles. The van der Waals surface area contributed by atoms with Gasteiger partial charge in [-0.3, -0.25) is 4.79 Å². The fourth-order valence-electron chi connectivity index (χ4n) is 2.34. The van der Waals surface area contributed by atoms with Crippen LogP contribution in [0.4, 0.5) is 4.39 Å². The standard InChI is InChI=1S/C14H8BrFN4O2/c15-6-1-2-9(16)7(3-6)10-8(4-17)12(18)22-14-11(10)13(21)19-5-20-14/h1-3,5,10H,18H2,(H,19,20,21)/t10-/m1/s1. The van der Waals surface area contributed by atoms with Gasteiger partial charge in [-0.25, -0.2) is 9.37 Å². The molecule has 1 atom stereocenters. The van der Waals surface area contributed by atoms with Gasteiger partial charge in [-0.2, -0.15) is 5.26 Å². The van der Waals surface area contributed by atoms with Crippen LogP contribution < -0.4 is 16.0 Å². The number of hydrogen-bond acceptors (Lipinski definition) is 5. The number of nitrogens with zero attached hydrogens (tertiary/aromatic N) is 2. The van der Waals surface area contributed by atoms with E-state index in [2.05, 4.69) is 25.9 Å². The van der Waals surface area contributed by atoms with Crippen LogP contribution in [0.5, 0.6) is 5.88 Å². The molecule has 0 bridgehead atoms. The number of fused-ring (bicyclic) bond motifs is 1. The number of H-pyrrole nitrogens is 1. The molecule has 3 N–H and O–H groups in total. The van der Waals surface area contributed by atoms with Crippen LogP contribution in [0, 0.1) is 17.1 Å². The van der Waals surface area contributed by atoms with Crippen LogP contribution in [0.1, 0.15) is 17.0 Å². The third-order valence-electron chi connectivity index (χ3n) is 3.29. The van der Waals surface area contributed by atoms with Crippen molar-refractivity contribution >= 4 is 15.9 Å². The van der Waals surface area contributed by atoms with Crippen molar-refractivity contribution in [3.8, 4) is 11.9 Å². The normalized spacial score (nSPS) is 16.7. The van der Waals surface area contributed by atoms with Gasteiger partial charge in [-0.05, 0) is 18.2 Å². The summed E-state index contributed by atoms with van der Waals surface area (Å²) in [5.41, 5.74) is 5.34. The molecule has 6 nitrogen and oxygen atoms in total. The van der Waals surface area contributed by atoms with Gasteiger partial charge in [-0.1, -0.05) is 15.9 Å². The Labute approximate surface area is 132 Å². The summed E-state index contributed by atoms with van der Waals surface area (Å²) in [7, 11) is 0. The summed E-state index contributed by atoms with van der Waals surface area (Å²) in [6, 6.07) is 6.14. The van der Waals surface area contributed by atoms with E-state index in [4.69, 9.17) is 10.5 Å². The Balaban J connectivity index is 2.36.